The molecular formula is C13H12N4O3. The number of carbonyl (C=O) groups excluding carboxylic acids is 1. The molecule has 1 amide bonds. The fourth-order valence-electron chi connectivity index (χ4n) is 2.38. The number of nitrogens with zero attached hydrogens (tertiary/aromatic N) is 3. The minimum Gasteiger partial charge on any atom is -0.306 e. The first-order valence-electron chi connectivity index (χ1n) is 6.21. The molecule has 0 bridgehead atoms. The highest BCUT2D eigenvalue weighted by atomic mass is 16.6. The average Bonchev–Trinajstić information content (AvgIpc) is 2.94. The van der Waals surface area contributed by atoms with Gasteiger partial charge in [-0.25, -0.2) is 0 Å². The summed E-state index contributed by atoms with van der Waals surface area (Å²) in [6, 6.07) is 6.41. The molecule has 1 aliphatic rings. The molecule has 3 rings (SSSR count). The molecule has 0 saturated carbocycles. The third-order valence-electron chi connectivity index (χ3n) is 3.36. The van der Waals surface area contributed by atoms with E-state index in [2.05, 4.69) is 10.2 Å². The highest BCUT2D eigenvalue weighted by Crippen LogP contribution is 2.31. The number of hydrogen-bond donors (Lipinski definition) is 1. The Morgan fingerprint density at radius 1 is 1.35 bits per heavy atom. The summed E-state index contributed by atoms with van der Waals surface area (Å²) in [4.78, 5) is 24.1. The van der Waals surface area contributed by atoms with E-state index in [0.29, 0.717) is 19.4 Å². The van der Waals surface area contributed by atoms with E-state index in [4.69, 9.17) is 0 Å². The summed E-state index contributed by atoms with van der Waals surface area (Å²) in [5.41, 5.74) is 2.45. The van der Waals surface area contributed by atoms with Crippen molar-refractivity contribution < 1.29 is 9.72 Å². The van der Waals surface area contributed by atoms with Gasteiger partial charge in [0.25, 0.3) is 5.69 Å². The summed E-state index contributed by atoms with van der Waals surface area (Å²) >= 11 is 0. The SMILES string of the molecule is O=C1CCc2cc([N+](=O)[O-])ccc2N1Cc1ccn[nH]1. The molecule has 0 fully saturated rings. The number of amides is 1. The van der Waals surface area contributed by atoms with Gasteiger partial charge in [0.15, 0.2) is 0 Å². The Labute approximate surface area is 114 Å². The Bertz CT molecular complexity index is 666. The number of aromatic amines is 1. The highest BCUT2D eigenvalue weighted by molar-refractivity contribution is 5.96. The molecule has 1 aromatic carbocycles. The van der Waals surface area contributed by atoms with E-state index in [9.17, 15) is 14.9 Å². The van der Waals surface area contributed by atoms with Crippen LogP contribution in [0.15, 0.2) is 30.5 Å². The lowest BCUT2D eigenvalue weighted by atomic mass is 10.0. The molecule has 0 saturated heterocycles. The number of nitro groups is 1. The van der Waals surface area contributed by atoms with Crippen LogP contribution in [0, 0.1) is 10.1 Å². The predicted molar refractivity (Wildman–Crippen MR) is 71.2 cm³/mol. The monoisotopic (exact) mass is 272 g/mol. The van der Waals surface area contributed by atoms with Crippen molar-refractivity contribution in [2.75, 3.05) is 4.90 Å². The number of nitro benzene ring substituents is 1. The summed E-state index contributed by atoms with van der Waals surface area (Å²) in [6.45, 7) is 0.393. The quantitative estimate of drug-likeness (QED) is 0.681. The summed E-state index contributed by atoms with van der Waals surface area (Å²) in [5, 5.41) is 17.5. The maximum atomic E-state index is 12.1. The van der Waals surface area contributed by atoms with E-state index < -0.39 is 4.92 Å². The van der Waals surface area contributed by atoms with Gasteiger partial charge in [-0.1, -0.05) is 0 Å². The number of anilines is 1. The third-order valence-corrected chi connectivity index (χ3v) is 3.36. The number of carbonyl (C=O) groups is 1. The average molecular weight is 272 g/mol. The van der Waals surface area contributed by atoms with E-state index in [1.807, 2.05) is 0 Å². The first-order chi connectivity index (χ1) is 9.65. The van der Waals surface area contributed by atoms with Crippen LogP contribution in [0.4, 0.5) is 11.4 Å². The zero-order valence-electron chi connectivity index (χ0n) is 10.6. The van der Waals surface area contributed by atoms with E-state index in [1.165, 1.54) is 6.07 Å². The van der Waals surface area contributed by atoms with Crippen molar-refractivity contribution in [3.63, 3.8) is 0 Å². The van der Waals surface area contributed by atoms with Crippen LogP contribution in [0.25, 0.3) is 0 Å². The zero-order chi connectivity index (χ0) is 14.1. The zero-order valence-corrected chi connectivity index (χ0v) is 10.6. The lowest BCUT2D eigenvalue weighted by Gasteiger charge is -2.28. The molecule has 102 valence electrons. The molecule has 0 spiro atoms. The van der Waals surface area contributed by atoms with Gasteiger partial charge in [0, 0.05) is 30.4 Å². The maximum Gasteiger partial charge on any atom is 0.269 e. The Balaban J connectivity index is 1.96. The summed E-state index contributed by atoms with van der Waals surface area (Å²) in [7, 11) is 0. The predicted octanol–water partition coefficient (Wildman–Crippen LogP) is 1.80. The van der Waals surface area contributed by atoms with Crippen molar-refractivity contribution in [3.05, 3.63) is 51.8 Å². The summed E-state index contributed by atoms with van der Waals surface area (Å²) in [6.07, 6.45) is 2.53. The second-order valence-corrected chi connectivity index (χ2v) is 4.63. The van der Waals surface area contributed by atoms with Crippen molar-refractivity contribution in [2.45, 2.75) is 19.4 Å². The minimum atomic E-state index is -0.421. The molecule has 0 radical (unpaired) electrons. The molecule has 2 aromatic rings. The Hall–Kier alpha value is -2.70. The van der Waals surface area contributed by atoms with Crippen molar-refractivity contribution in [2.24, 2.45) is 0 Å². The van der Waals surface area contributed by atoms with Gasteiger partial charge in [0.2, 0.25) is 5.91 Å². The van der Waals surface area contributed by atoms with Gasteiger partial charge >= 0.3 is 0 Å². The van der Waals surface area contributed by atoms with Crippen LogP contribution in [0.3, 0.4) is 0 Å². The van der Waals surface area contributed by atoms with Crippen molar-refractivity contribution >= 4 is 17.3 Å². The number of fused-ring (bicyclic) bond motifs is 1. The first kappa shape index (κ1) is 12.3. The summed E-state index contributed by atoms with van der Waals surface area (Å²) in [5.74, 6) is 0.0148. The van der Waals surface area contributed by atoms with Gasteiger partial charge in [-0.3, -0.25) is 20.0 Å². The minimum absolute atomic E-state index is 0.0148. The smallest absolute Gasteiger partial charge is 0.269 e. The van der Waals surface area contributed by atoms with E-state index in [0.717, 1.165) is 16.9 Å². The lowest BCUT2D eigenvalue weighted by Crippen LogP contribution is -2.34. The van der Waals surface area contributed by atoms with Crippen molar-refractivity contribution in [3.8, 4) is 0 Å². The largest absolute Gasteiger partial charge is 0.306 e. The van der Waals surface area contributed by atoms with E-state index in [1.54, 1.807) is 29.3 Å². The normalized spacial score (nSPS) is 14.2. The highest BCUT2D eigenvalue weighted by Gasteiger charge is 2.26. The number of hydrogen-bond acceptors (Lipinski definition) is 4. The fraction of sp³-hybridized carbons (Fsp3) is 0.231. The van der Waals surface area contributed by atoms with Gasteiger partial charge < -0.3 is 4.90 Å². The lowest BCUT2D eigenvalue weighted by molar-refractivity contribution is -0.384. The Morgan fingerprint density at radius 3 is 2.90 bits per heavy atom. The van der Waals surface area contributed by atoms with Crippen LogP contribution in [0.5, 0.6) is 0 Å². The Morgan fingerprint density at radius 2 is 2.20 bits per heavy atom. The maximum absolute atomic E-state index is 12.1. The number of rotatable bonds is 3. The molecule has 20 heavy (non-hydrogen) atoms. The molecule has 0 aliphatic carbocycles. The number of benzene rings is 1. The number of non-ortho nitro benzene ring substituents is 1. The van der Waals surface area contributed by atoms with Gasteiger partial charge in [0.05, 0.1) is 17.2 Å². The van der Waals surface area contributed by atoms with E-state index >= 15 is 0 Å². The molecule has 2 heterocycles. The fourth-order valence-corrected chi connectivity index (χ4v) is 2.38. The molecule has 0 atom stereocenters. The van der Waals surface area contributed by atoms with Crippen molar-refractivity contribution in [1.82, 2.24) is 10.2 Å². The van der Waals surface area contributed by atoms with Crippen LogP contribution in [-0.4, -0.2) is 21.0 Å². The molecule has 7 heteroatoms. The molecule has 0 unspecified atom stereocenters. The van der Waals surface area contributed by atoms with Gasteiger partial charge in [-0.05, 0) is 24.1 Å². The Kier molecular flexibility index (Phi) is 2.94. The summed E-state index contributed by atoms with van der Waals surface area (Å²) < 4.78 is 0. The molecule has 7 nitrogen and oxygen atoms in total. The first-order valence-corrected chi connectivity index (χ1v) is 6.21. The number of nitrogens with one attached hydrogen (secondary N) is 1. The van der Waals surface area contributed by atoms with Gasteiger partial charge in [-0.15, -0.1) is 0 Å². The molecule has 1 N–H and O–H groups in total. The number of aromatic nitrogens is 2. The third kappa shape index (κ3) is 2.13. The topological polar surface area (TPSA) is 92.1 Å². The van der Waals surface area contributed by atoms with E-state index in [-0.39, 0.29) is 11.6 Å². The van der Waals surface area contributed by atoms with Crippen LogP contribution in [0.1, 0.15) is 17.7 Å². The van der Waals surface area contributed by atoms with Crippen LogP contribution in [-0.2, 0) is 17.8 Å². The van der Waals surface area contributed by atoms with Crippen LogP contribution in [0.2, 0.25) is 0 Å². The van der Waals surface area contributed by atoms with Gasteiger partial charge in [-0.2, -0.15) is 5.10 Å². The number of aryl methyl sites for hydroxylation is 1. The van der Waals surface area contributed by atoms with Gasteiger partial charge in [0.1, 0.15) is 0 Å². The van der Waals surface area contributed by atoms with Crippen molar-refractivity contribution in [1.29, 1.82) is 0 Å². The second kappa shape index (κ2) is 4.76. The van der Waals surface area contributed by atoms with Crippen LogP contribution < -0.4 is 4.90 Å². The molecular weight excluding hydrogens is 260 g/mol. The molecule has 1 aliphatic heterocycles. The van der Waals surface area contributed by atoms with Crippen LogP contribution >= 0.6 is 0 Å². The second-order valence-electron chi connectivity index (χ2n) is 4.63. The molecule has 1 aromatic heterocycles. The standard InChI is InChI=1S/C13H12N4O3/c18-13-4-1-9-7-11(17(19)20)2-3-12(9)16(13)8-10-5-6-14-15-10/h2-3,5-7H,1,4,8H2,(H,14,15). The number of H-pyrrole nitrogens is 1.